The molecule has 8 heteroatoms. The number of nitrogens with zero attached hydrogens (tertiary/aromatic N) is 2. The molecule has 0 saturated heterocycles. The van der Waals surface area contributed by atoms with Crippen molar-refractivity contribution in [1.29, 1.82) is 0 Å². The van der Waals surface area contributed by atoms with Crippen molar-refractivity contribution in [3.8, 4) is 5.69 Å². The van der Waals surface area contributed by atoms with Crippen LogP contribution in [0.2, 0.25) is 0 Å². The second-order valence-electron chi connectivity index (χ2n) is 4.16. The van der Waals surface area contributed by atoms with Crippen molar-refractivity contribution in [2.24, 2.45) is 0 Å². The number of carboxylic acids is 1. The molecule has 0 atom stereocenters. The quantitative estimate of drug-likeness (QED) is 0.879. The van der Waals surface area contributed by atoms with E-state index in [0.717, 1.165) is 10.9 Å². The smallest absolute Gasteiger partial charge is 0.360 e. The van der Waals surface area contributed by atoms with Crippen molar-refractivity contribution >= 4 is 5.97 Å². The third kappa shape index (κ3) is 2.64. The predicted molar refractivity (Wildman–Crippen MR) is 66.0 cm³/mol. The molecule has 2 aromatic rings. The maximum atomic E-state index is 13.2. The minimum absolute atomic E-state index is 0.104. The van der Waals surface area contributed by atoms with Gasteiger partial charge in [0.25, 0.3) is 0 Å². The number of carbonyl (C=O) groups is 1. The summed E-state index contributed by atoms with van der Waals surface area (Å²) in [6.45, 7) is 1.61. The Morgan fingerprint density at radius 1 is 1.29 bits per heavy atom. The fraction of sp³-hybridized carbons (Fsp3) is 0.154. The minimum Gasteiger partial charge on any atom is -0.476 e. The van der Waals surface area contributed by atoms with Gasteiger partial charge >= 0.3 is 5.97 Å². The van der Waals surface area contributed by atoms with E-state index in [0.29, 0.717) is 12.1 Å². The number of hydrogen-bond donors (Lipinski definition) is 1. The SMILES string of the molecule is CCc1cn(-c2cc(F)c(F)c(F)c2)nc(C(=O)O)c1=O. The average molecular weight is 298 g/mol. The molecule has 5 nitrogen and oxygen atoms in total. The highest BCUT2D eigenvalue weighted by Gasteiger charge is 2.17. The van der Waals surface area contributed by atoms with Gasteiger partial charge in [0.05, 0.1) is 5.69 Å². The lowest BCUT2D eigenvalue weighted by Crippen LogP contribution is -2.24. The van der Waals surface area contributed by atoms with Crippen molar-refractivity contribution in [3.63, 3.8) is 0 Å². The summed E-state index contributed by atoms with van der Waals surface area (Å²) in [6, 6.07) is 1.31. The van der Waals surface area contributed by atoms with Crippen molar-refractivity contribution in [3.05, 3.63) is 57.3 Å². The van der Waals surface area contributed by atoms with Crippen molar-refractivity contribution in [2.45, 2.75) is 13.3 Å². The molecule has 0 amide bonds. The normalized spacial score (nSPS) is 10.7. The van der Waals surface area contributed by atoms with Gasteiger partial charge < -0.3 is 5.11 Å². The third-order valence-corrected chi connectivity index (χ3v) is 2.81. The number of hydrogen-bond acceptors (Lipinski definition) is 3. The van der Waals surface area contributed by atoms with E-state index >= 15 is 0 Å². The van der Waals surface area contributed by atoms with Crippen LogP contribution < -0.4 is 5.43 Å². The topological polar surface area (TPSA) is 72.2 Å². The van der Waals surface area contributed by atoms with Gasteiger partial charge in [-0.05, 0) is 6.42 Å². The van der Waals surface area contributed by atoms with Crippen LogP contribution in [0, 0.1) is 17.5 Å². The summed E-state index contributed by atoms with van der Waals surface area (Å²) in [4.78, 5) is 22.7. The first-order valence-corrected chi connectivity index (χ1v) is 5.86. The maximum Gasteiger partial charge on any atom is 0.360 e. The third-order valence-electron chi connectivity index (χ3n) is 2.81. The number of halogens is 3. The molecule has 1 heterocycles. The number of aryl methyl sites for hydroxylation is 1. The lowest BCUT2D eigenvalue weighted by Gasteiger charge is -2.09. The van der Waals surface area contributed by atoms with E-state index in [1.807, 2.05) is 0 Å². The summed E-state index contributed by atoms with van der Waals surface area (Å²) in [5.74, 6) is -6.10. The van der Waals surface area contributed by atoms with Crippen LogP contribution in [0.5, 0.6) is 0 Å². The van der Waals surface area contributed by atoms with Crippen LogP contribution in [-0.2, 0) is 6.42 Å². The standard InChI is InChI=1S/C13H9F3N2O3/c1-2-6-5-18(17-11(12(6)19)13(20)21)7-3-8(14)10(16)9(15)4-7/h3-5H,2H2,1H3,(H,20,21). The summed E-state index contributed by atoms with van der Waals surface area (Å²) in [7, 11) is 0. The number of benzene rings is 1. The van der Waals surface area contributed by atoms with Gasteiger partial charge in [0.2, 0.25) is 11.1 Å². The van der Waals surface area contributed by atoms with Gasteiger partial charge in [0, 0.05) is 23.9 Å². The number of rotatable bonds is 3. The largest absolute Gasteiger partial charge is 0.476 e. The fourth-order valence-corrected chi connectivity index (χ4v) is 1.74. The van der Waals surface area contributed by atoms with Crippen LogP contribution in [0.25, 0.3) is 5.69 Å². The predicted octanol–water partition coefficient (Wildman–Crippen LogP) is 1.91. The van der Waals surface area contributed by atoms with E-state index in [4.69, 9.17) is 5.11 Å². The first-order chi connectivity index (χ1) is 9.85. The molecule has 1 aromatic carbocycles. The summed E-state index contributed by atoms with van der Waals surface area (Å²) in [6.07, 6.45) is 1.36. The van der Waals surface area contributed by atoms with Gasteiger partial charge in [0.15, 0.2) is 17.5 Å². The van der Waals surface area contributed by atoms with Gasteiger partial charge in [-0.3, -0.25) is 4.79 Å². The monoisotopic (exact) mass is 298 g/mol. The van der Waals surface area contributed by atoms with Crippen LogP contribution >= 0.6 is 0 Å². The minimum atomic E-state index is -1.64. The van der Waals surface area contributed by atoms with E-state index in [9.17, 15) is 22.8 Å². The first kappa shape index (κ1) is 14.8. The summed E-state index contributed by atoms with van der Waals surface area (Å²) >= 11 is 0. The van der Waals surface area contributed by atoms with E-state index < -0.39 is 34.5 Å². The molecular formula is C13H9F3N2O3. The molecule has 21 heavy (non-hydrogen) atoms. The summed E-state index contributed by atoms with van der Waals surface area (Å²) in [5, 5.41) is 12.4. The van der Waals surface area contributed by atoms with Crippen LogP contribution in [0.4, 0.5) is 13.2 Å². The van der Waals surface area contributed by atoms with Crippen LogP contribution in [-0.4, -0.2) is 20.9 Å². The Kier molecular flexibility index (Phi) is 3.79. The Balaban J connectivity index is 2.72. The lowest BCUT2D eigenvalue weighted by molar-refractivity contribution is 0.0686. The molecule has 0 bridgehead atoms. The second-order valence-corrected chi connectivity index (χ2v) is 4.16. The lowest BCUT2D eigenvalue weighted by atomic mass is 10.2. The van der Waals surface area contributed by atoms with Crippen LogP contribution in [0.15, 0.2) is 23.1 Å². The molecule has 0 aliphatic heterocycles. The molecule has 0 spiro atoms. The highest BCUT2D eigenvalue weighted by atomic mass is 19.2. The van der Waals surface area contributed by atoms with Crippen molar-refractivity contribution in [1.82, 2.24) is 9.78 Å². The van der Waals surface area contributed by atoms with Crippen LogP contribution in [0.3, 0.4) is 0 Å². The van der Waals surface area contributed by atoms with Gasteiger partial charge in [-0.25, -0.2) is 22.6 Å². The van der Waals surface area contributed by atoms with Gasteiger partial charge in [0.1, 0.15) is 0 Å². The molecule has 0 aliphatic carbocycles. The van der Waals surface area contributed by atoms with E-state index in [2.05, 4.69) is 5.10 Å². The summed E-state index contributed by atoms with van der Waals surface area (Å²) < 4.78 is 40.2. The molecule has 1 aromatic heterocycles. The molecule has 2 rings (SSSR count). The van der Waals surface area contributed by atoms with Gasteiger partial charge in [-0.1, -0.05) is 6.92 Å². The van der Waals surface area contributed by atoms with Crippen LogP contribution in [0.1, 0.15) is 23.0 Å². The molecule has 1 N–H and O–H groups in total. The van der Waals surface area contributed by atoms with Gasteiger partial charge in [-0.15, -0.1) is 0 Å². The zero-order valence-corrected chi connectivity index (χ0v) is 10.7. The van der Waals surface area contributed by atoms with E-state index in [1.165, 1.54) is 0 Å². The van der Waals surface area contributed by atoms with E-state index in [-0.39, 0.29) is 17.7 Å². The molecule has 0 unspecified atom stereocenters. The highest BCUT2D eigenvalue weighted by molar-refractivity contribution is 5.85. The van der Waals surface area contributed by atoms with Gasteiger partial charge in [-0.2, -0.15) is 5.10 Å². The zero-order chi connectivity index (χ0) is 15.7. The number of aromatic nitrogens is 2. The second kappa shape index (κ2) is 5.39. The Bertz CT molecular complexity index is 764. The molecule has 0 aliphatic rings. The van der Waals surface area contributed by atoms with E-state index in [1.54, 1.807) is 6.92 Å². The molecule has 0 fully saturated rings. The number of aromatic carboxylic acids is 1. The zero-order valence-electron chi connectivity index (χ0n) is 10.7. The van der Waals surface area contributed by atoms with Crippen molar-refractivity contribution < 1.29 is 23.1 Å². The Morgan fingerprint density at radius 2 is 1.86 bits per heavy atom. The molecule has 0 saturated carbocycles. The molecule has 110 valence electrons. The Labute approximate surface area is 116 Å². The average Bonchev–Trinajstić information content (AvgIpc) is 2.44. The maximum absolute atomic E-state index is 13.2. The highest BCUT2D eigenvalue weighted by Crippen LogP contribution is 2.16. The number of carboxylic acid groups (broad SMARTS) is 1. The summed E-state index contributed by atoms with van der Waals surface area (Å²) in [5.41, 5.74) is -1.68. The van der Waals surface area contributed by atoms with Crippen molar-refractivity contribution in [2.75, 3.05) is 0 Å². The molecular weight excluding hydrogens is 289 g/mol. The fourth-order valence-electron chi connectivity index (χ4n) is 1.74. The Hall–Kier alpha value is -2.64. The first-order valence-electron chi connectivity index (χ1n) is 5.86. The molecule has 0 radical (unpaired) electrons. The Morgan fingerprint density at radius 3 is 2.33 bits per heavy atom.